The van der Waals surface area contributed by atoms with Crippen LogP contribution in [0.5, 0.6) is 0 Å². The summed E-state index contributed by atoms with van der Waals surface area (Å²) in [6.07, 6.45) is 0. The molecule has 2 rings (SSSR count). The fourth-order valence-corrected chi connectivity index (χ4v) is 1.94. The highest BCUT2D eigenvalue weighted by atomic mass is 35.5. The van der Waals surface area contributed by atoms with E-state index in [1.807, 2.05) is 0 Å². The van der Waals surface area contributed by atoms with Crippen LogP contribution in [0.25, 0.3) is 0 Å². The van der Waals surface area contributed by atoms with Gasteiger partial charge in [-0.3, -0.25) is 10.1 Å². The van der Waals surface area contributed by atoms with Crippen molar-refractivity contribution in [1.29, 1.82) is 5.26 Å². The summed E-state index contributed by atoms with van der Waals surface area (Å²) in [6, 6.07) is 10.8. The molecule has 0 amide bonds. The number of nitrogens with one attached hydrogen (secondary N) is 1. The summed E-state index contributed by atoms with van der Waals surface area (Å²) in [5.41, 5.74) is 0.700. The van der Waals surface area contributed by atoms with E-state index < -0.39 is 4.92 Å². The maximum absolute atomic E-state index is 10.9. The van der Waals surface area contributed by atoms with Crippen molar-refractivity contribution < 1.29 is 4.92 Å². The molecule has 0 heterocycles. The Morgan fingerprint density at radius 2 is 1.95 bits per heavy atom. The van der Waals surface area contributed by atoms with E-state index in [1.165, 1.54) is 12.1 Å². The molecule has 0 saturated carbocycles. The Labute approximate surface area is 124 Å². The predicted octanol–water partition coefficient (Wildman–Crippen LogP) is 4.52. The van der Waals surface area contributed by atoms with E-state index >= 15 is 0 Å². The molecule has 20 heavy (non-hydrogen) atoms. The first-order valence-corrected chi connectivity index (χ1v) is 6.17. The van der Waals surface area contributed by atoms with E-state index in [2.05, 4.69) is 5.32 Å². The van der Waals surface area contributed by atoms with Gasteiger partial charge in [0, 0.05) is 16.8 Å². The van der Waals surface area contributed by atoms with Gasteiger partial charge < -0.3 is 5.32 Å². The maximum Gasteiger partial charge on any atom is 0.289 e. The van der Waals surface area contributed by atoms with Gasteiger partial charge in [0.25, 0.3) is 5.69 Å². The van der Waals surface area contributed by atoms with Crippen LogP contribution in [0.2, 0.25) is 10.0 Å². The lowest BCUT2D eigenvalue weighted by Gasteiger charge is -2.09. The van der Waals surface area contributed by atoms with Crippen LogP contribution in [-0.2, 0) is 0 Å². The van der Waals surface area contributed by atoms with E-state index in [9.17, 15) is 10.1 Å². The number of anilines is 2. The summed E-state index contributed by atoms with van der Waals surface area (Å²) in [4.78, 5) is 10.3. The van der Waals surface area contributed by atoms with Gasteiger partial charge in [-0.15, -0.1) is 0 Å². The lowest BCUT2D eigenvalue weighted by atomic mass is 10.1. The molecule has 5 nitrogen and oxygen atoms in total. The Morgan fingerprint density at radius 3 is 2.60 bits per heavy atom. The van der Waals surface area contributed by atoms with E-state index in [0.717, 1.165) is 0 Å². The molecule has 0 aliphatic rings. The number of hydrogen-bond acceptors (Lipinski definition) is 4. The molecule has 0 spiro atoms. The van der Waals surface area contributed by atoms with Crippen LogP contribution in [0.1, 0.15) is 5.56 Å². The Bertz CT molecular complexity index is 726. The highest BCUT2D eigenvalue weighted by Gasteiger charge is 2.14. The van der Waals surface area contributed by atoms with Crippen LogP contribution in [-0.4, -0.2) is 4.92 Å². The average molecular weight is 308 g/mol. The largest absolute Gasteiger partial charge is 0.354 e. The van der Waals surface area contributed by atoms with Crippen molar-refractivity contribution in [2.24, 2.45) is 0 Å². The van der Waals surface area contributed by atoms with Crippen molar-refractivity contribution in [2.45, 2.75) is 0 Å². The monoisotopic (exact) mass is 307 g/mol. The zero-order valence-corrected chi connectivity index (χ0v) is 11.4. The first-order valence-electron chi connectivity index (χ1n) is 5.42. The normalized spacial score (nSPS) is 9.85. The molecule has 0 unspecified atom stereocenters. The fraction of sp³-hybridized carbons (Fsp3) is 0. The molecule has 2 aromatic rings. The number of rotatable bonds is 3. The number of halogens is 2. The Balaban J connectivity index is 2.40. The minimum atomic E-state index is -0.608. The van der Waals surface area contributed by atoms with Crippen LogP contribution in [0.4, 0.5) is 17.1 Å². The predicted molar refractivity (Wildman–Crippen MR) is 77.6 cm³/mol. The van der Waals surface area contributed by atoms with Crippen molar-refractivity contribution in [3.8, 4) is 6.07 Å². The highest BCUT2D eigenvalue weighted by molar-refractivity contribution is 6.35. The lowest BCUT2D eigenvalue weighted by Crippen LogP contribution is -1.96. The van der Waals surface area contributed by atoms with E-state index in [1.54, 1.807) is 30.3 Å². The van der Waals surface area contributed by atoms with Crippen LogP contribution < -0.4 is 5.32 Å². The molecule has 0 radical (unpaired) electrons. The van der Waals surface area contributed by atoms with Gasteiger partial charge in [-0.1, -0.05) is 23.2 Å². The van der Waals surface area contributed by atoms with Crippen LogP contribution in [0, 0.1) is 21.4 Å². The zero-order chi connectivity index (χ0) is 14.7. The number of hydrogen-bond donors (Lipinski definition) is 1. The standard InChI is InChI=1S/C13H7Cl2N3O2/c14-9-2-4-11(15)12(5-9)17-10-3-1-8(7-16)13(6-10)18(19)20/h1-6,17H. The van der Waals surface area contributed by atoms with Gasteiger partial charge in [0.2, 0.25) is 0 Å². The number of nitro benzene ring substituents is 1. The molecule has 7 heteroatoms. The number of nitro groups is 1. The Kier molecular flexibility index (Phi) is 4.08. The van der Waals surface area contributed by atoms with Crippen molar-refractivity contribution in [3.05, 3.63) is 62.1 Å². The number of nitrogens with zero attached hydrogens (tertiary/aromatic N) is 2. The van der Waals surface area contributed by atoms with Crippen molar-refractivity contribution >= 4 is 40.3 Å². The summed E-state index contributed by atoms with van der Waals surface area (Å²) in [7, 11) is 0. The van der Waals surface area contributed by atoms with E-state index in [0.29, 0.717) is 21.4 Å². The summed E-state index contributed by atoms with van der Waals surface area (Å²) >= 11 is 11.9. The second-order valence-corrected chi connectivity index (χ2v) is 4.69. The molecule has 0 aliphatic carbocycles. The van der Waals surface area contributed by atoms with Gasteiger partial charge in [0.15, 0.2) is 0 Å². The maximum atomic E-state index is 10.9. The van der Waals surface area contributed by atoms with Crippen molar-refractivity contribution in [2.75, 3.05) is 5.32 Å². The van der Waals surface area contributed by atoms with Gasteiger partial charge in [-0.2, -0.15) is 5.26 Å². The molecule has 2 aromatic carbocycles. The third kappa shape index (κ3) is 2.99. The van der Waals surface area contributed by atoms with E-state index in [-0.39, 0.29) is 11.3 Å². The zero-order valence-electron chi connectivity index (χ0n) is 9.93. The summed E-state index contributed by atoms with van der Waals surface area (Å²) in [5, 5.41) is 23.5. The summed E-state index contributed by atoms with van der Waals surface area (Å²) in [5.74, 6) is 0. The molecule has 0 atom stereocenters. The molecule has 0 fully saturated rings. The van der Waals surface area contributed by atoms with Gasteiger partial charge in [0.1, 0.15) is 11.6 Å². The summed E-state index contributed by atoms with van der Waals surface area (Å²) < 4.78 is 0. The smallest absolute Gasteiger partial charge is 0.289 e. The highest BCUT2D eigenvalue weighted by Crippen LogP contribution is 2.30. The quantitative estimate of drug-likeness (QED) is 0.668. The fourth-order valence-electron chi connectivity index (χ4n) is 1.60. The topological polar surface area (TPSA) is 79.0 Å². The number of nitriles is 1. The van der Waals surface area contributed by atoms with Crippen LogP contribution in [0.15, 0.2) is 36.4 Å². The second-order valence-electron chi connectivity index (χ2n) is 3.85. The number of benzene rings is 2. The summed E-state index contributed by atoms with van der Waals surface area (Å²) in [6.45, 7) is 0. The van der Waals surface area contributed by atoms with Crippen molar-refractivity contribution in [1.82, 2.24) is 0 Å². The average Bonchev–Trinajstić information content (AvgIpc) is 2.42. The molecule has 0 aromatic heterocycles. The molecule has 0 saturated heterocycles. The van der Waals surface area contributed by atoms with Crippen LogP contribution >= 0.6 is 23.2 Å². The third-order valence-electron chi connectivity index (χ3n) is 2.52. The van der Waals surface area contributed by atoms with Crippen molar-refractivity contribution in [3.63, 3.8) is 0 Å². The molecule has 1 N–H and O–H groups in total. The van der Waals surface area contributed by atoms with Gasteiger partial charge in [-0.05, 0) is 30.3 Å². The lowest BCUT2D eigenvalue weighted by molar-refractivity contribution is -0.385. The molecule has 0 bridgehead atoms. The first kappa shape index (κ1) is 14.1. The Hall–Kier alpha value is -2.29. The molecular formula is C13H7Cl2N3O2. The van der Waals surface area contributed by atoms with Gasteiger partial charge in [-0.25, -0.2) is 0 Å². The molecular weight excluding hydrogens is 301 g/mol. The minimum absolute atomic E-state index is 0.00209. The van der Waals surface area contributed by atoms with Crippen LogP contribution in [0.3, 0.4) is 0 Å². The van der Waals surface area contributed by atoms with E-state index in [4.69, 9.17) is 28.5 Å². The first-order chi connectivity index (χ1) is 9.51. The molecule has 100 valence electrons. The van der Waals surface area contributed by atoms with Gasteiger partial charge in [0.05, 0.1) is 15.6 Å². The SMILES string of the molecule is N#Cc1ccc(Nc2cc(Cl)ccc2Cl)cc1[N+](=O)[O-]. The minimum Gasteiger partial charge on any atom is -0.354 e. The van der Waals surface area contributed by atoms with Gasteiger partial charge >= 0.3 is 0 Å². The second kappa shape index (κ2) is 5.78. The molecule has 0 aliphatic heterocycles. The Morgan fingerprint density at radius 1 is 1.20 bits per heavy atom. The third-order valence-corrected chi connectivity index (χ3v) is 3.09.